The molecule has 1 aromatic carbocycles. The first-order chi connectivity index (χ1) is 9.42. The van der Waals surface area contributed by atoms with Crippen LogP contribution in [0.4, 0.5) is 0 Å². The second-order valence-electron chi connectivity index (χ2n) is 4.52. The normalized spacial score (nSPS) is 11.2. The van der Waals surface area contributed by atoms with E-state index in [4.69, 9.17) is 0 Å². The summed E-state index contributed by atoms with van der Waals surface area (Å²) in [5, 5.41) is 6.61. The summed E-state index contributed by atoms with van der Waals surface area (Å²) in [6, 6.07) is 14.6. The SMILES string of the molecule is c1cc(-c2ccn3nccc3c2)c2ccncc2c1. The number of hydrogen-bond acceptors (Lipinski definition) is 2. The van der Waals surface area contributed by atoms with E-state index in [9.17, 15) is 0 Å². The molecule has 0 saturated carbocycles. The highest BCUT2D eigenvalue weighted by Gasteiger charge is 2.04. The first-order valence-corrected chi connectivity index (χ1v) is 6.18. The van der Waals surface area contributed by atoms with Crippen LogP contribution in [-0.2, 0) is 0 Å². The summed E-state index contributed by atoms with van der Waals surface area (Å²) < 4.78 is 1.87. The maximum atomic E-state index is 4.22. The fraction of sp³-hybridized carbons (Fsp3) is 0. The van der Waals surface area contributed by atoms with Gasteiger partial charge >= 0.3 is 0 Å². The Bertz CT molecular complexity index is 872. The van der Waals surface area contributed by atoms with Crippen molar-refractivity contribution in [2.45, 2.75) is 0 Å². The minimum Gasteiger partial charge on any atom is -0.264 e. The van der Waals surface area contributed by atoms with Gasteiger partial charge in [0.05, 0.1) is 5.52 Å². The summed E-state index contributed by atoms with van der Waals surface area (Å²) in [6.07, 6.45) is 7.54. The molecular formula is C16H11N3. The molecule has 90 valence electrons. The molecule has 4 rings (SSSR count). The third-order valence-corrected chi connectivity index (χ3v) is 3.39. The lowest BCUT2D eigenvalue weighted by molar-refractivity contribution is 0.962. The number of fused-ring (bicyclic) bond motifs is 2. The van der Waals surface area contributed by atoms with Gasteiger partial charge in [0.25, 0.3) is 0 Å². The van der Waals surface area contributed by atoms with Crippen molar-refractivity contribution in [2.75, 3.05) is 0 Å². The lowest BCUT2D eigenvalue weighted by Crippen LogP contribution is -1.87. The summed E-state index contributed by atoms with van der Waals surface area (Å²) in [7, 11) is 0. The van der Waals surface area contributed by atoms with Crippen LogP contribution in [-0.4, -0.2) is 14.6 Å². The molecule has 0 saturated heterocycles. The Kier molecular flexibility index (Phi) is 2.12. The Morgan fingerprint density at radius 3 is 2.95 bits per heavy atom. The molecule has 0 N–H and O–H groups in total. The molecule has 0 unspecified atom stereocenters. The Morgan fingerprint density at radius 1 is 0.947 bits per heavy atom. The Hall–Kier alpha value is -2.68. The summed E-state index contributed by atoms with van der Waals surface area (Å²) in [6.45, 7) is 0. The Labute approximate surface area is 110 Å². The molecular weight excluding hydrogens is 234 g/mol. The van der Waals surface area contributed by atoms with E-state index in [0.717, 1.165) is 10.9 Å². The molecule has 4 aromatic rings. The number of nitrogens with zero attached hydrogens (tertiary/aromatic N) is 3. The molecule has 0 bridgehead atoms. The largest absolute Gasteiger partial charge is 0.264 e. The number of aromatic nitrogens is 3. The van der Waals surface area contributed by atoms with Gasteiger partial charge in [0, 0.05) is 30.2 Å². The first-order valence-electron chi connectivity index (χ1n) is 6.18. The molecule has 3 heteroatoms. The highest BCUT2D eigenvalue weighted by atomic mass is 15.2. The van der Waals surface area contributed by atoms with E-state index < -0.39 is 0 Å². The molecule has 3 aromatic heterocycles. The molecule has 0 spiro atoms. The second-order valence-corrected chi connectivity index (χ2v) is 4.52. The lowest BCUT2D eigenvalue weighted by Gasteiger charge is -2.06. The molecule has 0 aliphatic heterocycles. The lowest BCUT2D eigenvalue weighted by atomic mass is 10.0. The quantitative estimate of drug-likeness (QED) is 0.513. The minimum absolute atomic E-state index is 1.10. The molecule has 0 aliphatic rings. The van der Waals surface area contributed by atoms with Crippen LogP contribution in [0.15, 0.2) is 67.3 Å². The molecule has 0 atom stereocenters. The van der Waals surface area contributed by atoms with E-state index in [1.54, 1.807) is 0 Å². The predicted octanol–water partition coefficient (Wildman–Crippen LogP) is 3.55. The van der Waals surface area contributed by atoms with Crippen LogP contribution < -0.4 is 0 Å². The fourth-order valence-electron chi connectivity index (χ4n) is 2.46. The third kappa shape index (κ3) is 1.59. The first kappa shape index (κ1) is 10.3. The van der Waals surface area contributed by atoms with Crippen molar-refractivity contribution in [1.82, 2.24) is 14.6 Å². The summed E-state index contributed by atoms with van der Waals surface area (Å²) in [5.74, 6) is 0. The van der Waals surface area contributed by atoms with E-state index in [1.807, 2.05) is 35.4 Å². The van der Waals surface area contributed by atoms with Crippen LogP contribution in [0.5, 0.6) is 0 Å². The van der Waals surface area contributed by atoms with Gasteiger partial charge in [-0.2, -0.15) is 5.10 Å². The molecule has 3 nitrogen and oxygen atoms in total. The van der Waals surface area contributed by atoms with Gasteiger partial charge in [-0.1, -0.05) is 18.2 Å². The van der Waals surface area contributed by atoms with E-state index in [2.05, 4.69) is 46.5 Å². The van der Waals surface area contributed by atoms with Crippen LogP contribution in [0, 0.1) is 0 Å². The van der Waals surface area contributed by atoms with Gasteiger partial charge in [-0.15, -0.1) is 0 Å². The monoisotopic (exact) mass is 245 g/mol. The van der Waals surface area contributed by atoms with Crippen LogP contribution in [0.2, 0.25) is 0 Å². The molecule has 19 heavy (non-hydrogen) atoms. The van der Waals surface area contributed by atoms with E-state index >= 15 is 0 Å². The van der Waals surface area contributed by atoms with Crippen molar-refractivity contribution in [3.8, 4) is 11.1 Å². The van der Waals surface area contributed by atoms with Crippen molar-refractivity contribution >= 4 is 16.3 Å². The van der Waals surface area contributed by atoms with Crippen molar-refractivity contribution in [1.29, 1.82) is 0 Å². The maximum Gasteiger partial charge on any atom is 0.0667 e. The van der Waals surface area contributed by atoms with Gasteiger partial charge in [0.15, 0.2) is 0 Å². The summed E-state index contributed by atoms with van der Waals surface area (Å²) in [5.41, 5.74) is 3.52. The predicted molar refractivity (Wildman–Crippen MR) is 75.9 cm³/mol. The molecule has 0 amide bonds. The highest BCUT2D eigenvalue weighted by molar-refractivity contribution is 5.96. The summed E-state index contributed by atoms with van der Waals surface area (Å²) >= 11 is 0. The van der Waals surface area contributed by atoms with Gasteiger partial charge in [-0.05, 0) is 40.8 Å². The molecule has 0 radical (unpaired) electrons. The summed E-state index contributed by atoms with van der Waals surface area (Å²) in [4.78, 5) is 4.18. The fourth-order valence-corrected chi connectivity index (χ4v) is 2.46. The van der Waals surface area contributed by atoms with Gasteiger partial charge in [-0.3, -0.25) is 4.98 Å². The minimum atomic E-state index is 1.10. The zero-order chi connectivity index (χ0) is 12.7. The van der Waals surface area contributed by atoms with Crippen molar-refractivity contribution < 1.29 is 0 Å². The number of rotatable bonds is 1. The van der Waals surface area contributed by atoms with Gasteiger partial charge < -0.3 is 0 Å². The van der Waals surface area contributed by atoms with Gasteiger partial charge in [0.2, 0.25) is 0 Å². The Balaban J connectivity index is 2.03. The van der Waals surface area contributed by atoms with Crippen molar-refractivity contribution in [3.05, 3.63) is 67.3 Å². The maximum absolute atomic E-state index is 4.22. The van der Waals surface area contributed by atoms with Crippen LogP contribution in [0.25, 0.3) is 27.4 Å². The van der Waals surface area contributed by atoms with Crippen LogP contribution in [0.1, 0.15) is 0 Å². The zero-order valence-electron chi connectivity index (χ0n) is 10.2. The zero-order valence-corrected chi connectivity index (χ0v) is 10.2. The van der Waals surface area contributed by atoms with E-state index in [0.29, 0.717) is 0 Å². The standard InChI is InChI=1S/C16H11N3/c1-2-13-11-17-7-5-16(13)15(3-1)12-6-9-19-14(10-12)4-8-18-19/h1-11H. The van der Waals surface area contributed by atoms with E-state index in [1.165, 1.54) is 16.5 Å². The number of hydrogen-bond donors (Lipinski definition) is 0. The van der Waals surface area contributed by atoms with Crippen LogP contribution in [0.3, 0.4) is 0 Å². The molecule has 0 aliphatic carbocycles. The second kappa shape index (κ2) is 3.92. The number of benzene rings is 1. The third-order valence-electron chi connectivity index (χ3n) is 3.39. The Morgan fingerprint density at radius 2 is 1.95 bits per heavy atom. The van der Waals surface area contributed by atoms with Crippen molar-refractivity contribution in [2.24, 2.45) is 0 Å². The van der Waals surface area contributed by atoms with E-state index in [-0.39, 0.29) is 0 Å². The molecule has 3 heterocycles. The average Bonchev–Trinajstić information content (AvgIpc) is 2.94. The number of pyridine rings is 2. The molecule has 0 fully saturated rings. The highest BCUT2D eigenvalue weighted by Crippen LogP contribution is 2.28. The van der Waals surface area contributed by atoms with Gasteiger partial charge in [-0.25, -0.2) is 4.52 Å². The topological polar surface area (TPSA) is 30.2 Å². The smallest absolute Gasteiger partial charge is 0.0667 e. The van der Waals surface area contributed by atoms with Crippen molar-refractivity contribution in [3.63, 3.8) is 0 Å². The average molecular weight is 245 g/mol. The van der Waals surface area contributed by atoms with Gasteiger partial charge in [0.1, 0.15) is 0 Å². The van der Waals surface area contributed by atoms with Crippen LogP contribution >= 0.6 is 0 Å².